The summed E-state index contributed by atoms with van der Waals surface area (Å²) in [7, 11) is 0. The van der Waals surface area contributed by atoms with Gasteiger partial charge in [0.15, 0.2) is 11.0 Å². The highest BCUT2D eigenvalue weighted by Gasteiger charge is 2.26. The van der Waals surface area contributed by atoms with Crippen LogP contribution in [0.4, 0.5) is 5.88 Å². The number of aromatic nitrogens is 3. The van der Waals surface area contributed by atoms with Crippen molar-refractivity contribution in [3.63, 3.8) is 0 Å². The van der Waals surface area contributed by atoms with Crippen molar-refractivity contribution in [3.05, 3.63) is 53.3 Å². The molecule has 8 nitrogen and oxygen atoms in total. The SMILES string of the molecule is Cc1nc(C#N)c(N2CCN(C(=O)CSc3nccn3-c3ccc(C)c(C)c3)CC2)o1. The van der Waals surface area contributed by atoms with Gasteiger partial charge in [-0.2, -0.15) is 5.26 Å². The predicted molar refractivity (Wildman–Crippen MR) is 119 cm³/mol. The summed E-state index contributed by atoms with van der Waals surface area (Å²) in [5, 5.41) is 10.0. The third kappa shape index (κ3) is 4.44. The van der Waals surface area contributed by atoms with Crippen molar-refractivity contribution in [2.24, 2.45) is 0 Å². The number of oxazole rings is 1. The number of imidazole rings is 1. The Kier molecular flexibility index (Phi) is 6.00. The molecule has 1 aliphatic heterocycles. The van der Waals surface area contributed by atoms with Crippen molar-refractivity contribution in [2.45, 2.75) is 25.9 Å². The quantitative estimate of drug-likeness (QED) is 0.568. The zero-order chi connectivity index (χ0) is 22.0. The fourth-order valence-corrected chi connectivity index (χ4v) is 4.42. The maximum absolute atomic E-state index is 12.8. The average Bonchev–Trinajstić information content (AvgIpc) is 3.40. The van der Waals surface area contributed by atoms with E-state index in [9.17, 15) is 10.1 Å². The Bertz CT molecular complexity index is 1140. The van der Waals surface area contributed by atoms with E-state index in [4.69, 9.17) is 4.42 Å². The van der Waals surface area contributed by atoms with Crippen molar-refractivity contribution in [2.75, 3.05) is 36.8 Å². The first kappa shape index (κ1) is 21.0. The van der Waals surface area contributed by atoms with Gasteiger partial charge >= 0.3 is 0 Å². The Balaban J connectivity index is 1.35. The molecule has 4 rings (SSSR count). The van der Waals surface area contributed by atoms with Crippen molar-refractivity contribution < 1.29 is 9.21 Å². The number of carbonyl (C=O) groups excluding carboxylic acids is 1. The number of nitrogens with zero attached hydrogens (tertiary/aromatic N) is 6. The molecule has 1 saturated heterocycles. The van der Waals surface area contributed by atoms with E-state index >= 15 is 0 Å². The Labute approximate surface area is 185 Å². The van der Waals surface area contributed by atoms with E-state index in [1.54, 1.807) is 13.1 Å². The normalized spacial score (nSPS) is 14.0. The smallest absolute Gasteiger partial charge is 0.234 e. The summed E-state index contributed by atoms with van der Waals surface area (Å²) in [6.45, 7) is 8.28. The van der Waals surface area contributed by atoms with Crippen LogP contribution in [0.2, 0.25) is 0 Å². The molecule has 0 bridgehead atoms. The Morgan fingerprint density at radius 3 is 2.68 bits per heavy atom. The molecule has 0 unspecified atom stereocenters. The fourth-order valence-electron chi connectivity index (χ4n) is 3.55. The van der Waals surface area contributed by atoms with Crippen LogP contribution in [0.25, 0.3) is 5.69 Å². The highest BCUT2D eigenvalue weighted by atomic mass is 32.2. The molecule has 0 aliphatic carbocycles. The second-order valence-corrected chi connectivity index (χ2v) is 8.45. The van der Waals surface area contributed by atoms with Crippen LogP contribution in [-0.2, 0) is 4.79 Å². The number of thioether (sulfide) groups is 1. The molecule has 0 N–H and O–H groups in total. The number of aryl methyl sites for hydroxylation is 3. The van der Waals surface area contributed by atoms with Gasteiger partial charge in [0.2, 0.25) is 17.5 Å². The summed E-state index contributed by atoms with van der Waals surface area (Å²) in [4.78, 5) is 25.1. The number of carbonyl (C=O) groups is 1. The summed E-state index contributed by atoms with van der Waals surface area (Å²) in [6, 6.07) is 8.36. The molecule has 1 amide bonds. The molecule has 3 aromatic rings. The van der Waals surface area contributed by atoms with Gasteiger partial charge in [0, 0.05) is 51.2 Å². The van der Waals surface area contributed by atoms with Crippen LogP contribution in [-0.4, -0.2) is 57.3 Å². The van der Waals surface area contributed by atoms with Crippen molar-refractivity contribution in [1.29, 1.82) is 5.26 Å². The zero-order valence-corrected chi connectivity index (χ0v) is 18.6. The number of anilines is 1. The molecule has 0 spiro atoms. The molecule has 0 atom stereocenters. The van der Waals surface area contributed by atoms with Crippen LogP contribution < -0.4 is 4.90 Å². The van der Waals surface area contributed by atoms with E-state index in [0.29, 0.717) is 49.4 Å². The van der Waals surface area contributed by atoms with E-state index in [1.807, 2.05) is 20.6 Å². The van der Waals surface area contributed by atoms with Gasteiger partial charge in [0.25, 0.3) is 0 Å². The summed E-state index contributed by atoms with van der Waals surface area (Å²) >= 11 is 1.44. The number of piperazine rings is 1. The van der Waals surface area contributed by atoms with Crippen LogP contribution in [0.5, 0.6) is 0 Å². The minimum absolute atomic E-state index is 0.0774. The van der Waals surface area contributed by atoms with Gasteiger partial charge in [-0.3, -0.25) is 9.36 Å². The van der Waals surface area contributed by atoms with Crippen LogP contribution in [0, 0.1) is 32.1 Å². The lowest BCUT2D eigenvalue weighted by molar-refractivity contribution is -0.128. The van der Waals surface area contributed by atoms with Crippen LogP contribution >= 0.6 is 11.8 Å². The molecule has 160 valence electrons. The standard InChI is InChI=1S/C22H24N6O2S/c1-15-4-5-18(12-16(15)2)28-7-6-24-22(28)31-14-20(29)26-8-10-27(11-9-26)21-19(13-23)25-17(3)30-21/h4-7,12H,8-11,14H2,1-3H3. The number of amides is 1. The molecular formula is C22H24N6O2S. The van der Waals surface area contributed by atoms with E-state index in [-0.39, 0.29) is 5.91 Å². The van der Waals surface area contributed by atoms with Crippen molar-refractivity contribution in [3.8, 4) is 11.8 Å². The predicted octanol–water partition coefficient (Wildman–Crippen LogP) is 3.10. The number of hydrogen-bond acceptors (Lipinski definition) is 7. The Hall–Kier alpha value is -3.25. The summed E-state index contributed by atoms with van der Waals surface area (Å²) in [5.74, 6) is 1.37. The number of benzene rings is 1. The molecule has 1 fully saturated rings. The Morgan fingerprint density at radius 1 is 1.19 bits per heavy atom. The van der Waals surface area contributed by atoms with Crippen LogP contribution in [0.15, 0.2) is 40.2 Å². The summed E-state index contributed by atoms with van der Waals surface area (Å²) in [6.07, 6.45) is 3.68. The van der Waals surface area contributed by atoms with Crippen LogP contribution in [0.1, 0.15) is 22.7 Å². The van der Waals surface area contributed by atoms with Gasteiger partial charge in [-0.05, 0) is 37.1 Å². The minimum Gasteiger partial charge on any atom is -0.424 e. The topological polar surface area (TPSA) is 91.2 Å². The molecule has 0 saturated carbocycles. The number of hydrogen-bond donors (Lipinski definition) is 0. The van der Waals surface area contributed by atoms with Gasteiger partial charge in [0.1, 0.15) is 6.07 Å². The molecule has 3 heterocycles. The average molecular weight is 437 g/mol. The fraction of sp³-hybridized carbons (Fsp3) is 0.364. The molecule has 0 radical (unpaired) electrons. The lowest BCUT2D eigenvalue weighted by Gasteiger charge is -2.34. The van der Waals surface area contributed by atoms with Gasteiger partial charge in [-0.1, -0.05) is 17.8 Å². The molecule has 9 heteroatoms. The van der Waals surface area contributed by atoms with E-state index in [2.05, 4.69) is 48.1 Å². The Morgan fingerprint density at radius 2 is 1.97 bits per heavy atom. The van der Waals surface area contributed by atoms with Gasteiger partial charge in [0.05, 0.1) is 5.75 Å². The first-order valence-electron chi connectivity index (χ1n) is 10.1. The first-order valence-corrected chi connectivity index (χ1v) is 11.1. The molecule has 1 aromatic carbocycles. The third-order valence-corrected chi connectivity index (χ3v) is 6.39. The largest absolute Gasteiger partial charge is 0.424 e. The lowest BCUT2D eigenvalue weighted by Crippen LogP contribution is -2.49. The molecular weight excluding hydrogens is 412 g/mol. The van der Waals surface area contributed by atoms with Crippen molar-refractivity contribution in [1.82, 2.24) is 19.4 Å². The second kappa shape index (κ2) is 8.86. The summed E-state index contributed by atoms with van der Waals surface area (Å²) < 4.78 is 7.59. The monoisotopic (exact) mass is 436 g/mol. The maximum Gasteiger partial charge on any atom is 0.234 e. The zero-order valence-electron chi connectivity index (χ0n) is 17.8. The molecule has 1 aliphatic rings. The van der Waals surface area contributed by atoms with Gasteiger partial charge in [-0.15, -0.1) is 0 Å². The van der Waals surface area contributed by atoms with Crippen molar-refractivity contribution >= 4 is 23.6 Å². The highest BCUT2D eigenvalue weighted by Crippen LogP contribution is 2.24. The second-order valence-electron chi connectivity index (χ2n) is 7.50. The highest BCUT2D eigenvalue weighted by molar-refractivity contribution is 7.99. The summed E-state index contributed by atoms with van der Waals surface area (Å²) in [5.41, 5.74) is 3.80. The van der Waals surface area contributed by atoms with Gasteiger partial charge in [-0.25, -0.2) is 9.97 Å². The molecule has 31 heavy (non-hydrogen) atoms. The van der Waals surface area contributed by atoms with Gasteiger partial charge < -0.3 is 14.2 Å². The number of nitriles is 1. The number of rotatable bonds is 5. The van der Waals surface area contributed by atoms with Crippen LogP contribution in [0.3, 0.4) is 0 Å². The van der Waals surface area contributed by atoms with E-state index in [0.717, 1.165) is 10.8 Å². The van der Waals surface area contributed by atoms with E-state index in [1.165, 1.54) is 22.9 Å². The minimum atomic E-state index is 0.0774. The third-order valence-electron chi connectivity index (χ3n) is 5.44. The first-order chi connectivity index (χ1) is 15.0. The maximum atomic E-state index is 12.8. The lowest BCUT2D eigenvalue weighted by atomic mass is 10.1. The van der Waals surface area contributed by atoms with E-state index < -0.39 is 0 Å². The molecule has 2 aromatic heterocycles.